The summed E-state index contributed by atoms with van der Waals surface area (Å²) in [5.74, 6) is 0.330. The number of amides is 1. The van der Waals surface area contributed by atoms with Crippen LogP contribution in [0.2, 0.25) is 0 Å². The largest absolute Gasteiger partial charge is 0.355 e. The molecule has 2 heterocycles. The van der Waals surface area contributed by atoms with E-state index in [1.165, 1.54) is 4.31 Å². The van der Waals surface area contributed by atoms with E-state index in [-0.39, 0.29) is 11.8 Å². The van der Waals surface area contributed by atoms with E-state index in [1.807, 2.05) is 19.0 Å². The Bertz CT molecular complexity index is 515. The number of piperidine rings is 2. The van der Waals surface area contributed by atoms with Gasteiger partial charge in [0, 0.05) is 39.3 Å². The summed E-state index contributed by atoms with van der Waals surface area (Å²) in [5.41, 5.74) is 0. The normalized spacial score (nSPS) is 25.1. The highest BCUT2D eigenvalue weighted by Gasteiger charge is 2.36. The average molecular weight is 361 g/mol. The van der Waals surface area contributed by atoms with E-state index in [2.05, 4.69) is 12.2 Å². The van der Waals surface area contributed by atoms with Gasteiger partial charge in [-0.15, -0.1) is 0 Å². The Morgan fingerprint density at radius 1 is 1.12 bits per heavy atom. The summed E-state index contributed by atoms with van der Waals surface area (Å²) >= 11 is 0. The van der Waals surface area contributed by atoms with Crippen molar-refractivity contribution in [2.75, 3.05) is 53.4 Å². The third-order valence-electron chi connectivity index (χ3n) is 5.01. The van der Waals surface area contributed by atoms with Crippen LogP contribution in [0, 0.1) is 11.8 Å². The van der Waals surface area contributed by atoms with Crippen LogP contribution in [0.3, 0.4) is 0 Å². The van der Waals surface area contributed by atoms with E-state index in [4.69, 9.17) is 0 Å². The van der Waals surface area contributed by atoms with Gasteiger partial charge in [-0.1, -0.05) is 6.92 Å². The Morgan fingerprint density at radius 3 is 2.42 bits per heavy atom. The van der Waals surface area contributed by atoms with Gasteiger partial charge < -0.3 is 10.2 Å². The van der Waals surface area contributed by atoms with Crippen LogP contribution in [0.4, 0.5) is 0 Å². The lowest BCUT2D eigenvalue weighted by Crippen LogP contribution is -2.52. The van der Waals surface area contributed by atoms with Gasteiger partial charge in [0.2, 0.25) is 5.91 Å². The lowest BCUT2D eigenvalue weighted by atomic mass is 9.99. The SMILES string of the molecule is CC1CCN(S(=O)(=O)N2CCCC(C(=O)NCCN(C)C)C2)CC1. The first-order valence-corrected chi connectivity index (χ1v) is 10.4. The van der Waals surface area contributed by atoms with Crippen LogP contribution >= 0.6 is 0 Å². The summed E-state index contributed by atoms with van der Waals surface area (Å²) in [7, 11) is 0.487. The zero-order valence-electron chi connectivity index (χ0n) is 15.2. The van der Waals surface area contributed by atoms with Crippen molar-refractivity contribution in [2.45, 2.75) is 32.6 Å². The molecule has 0 spiro atoms. The van der Waals surface area contributed by atoms with Gasteiger partial charge in [-0.05, 0) is 45.7 Å². The van der Waals surface area contributed by atoms with Gasteiger partial charge >= 0.3 is 0 Å². The maximum absolute atomic E-state index is 12.8. The zero-order chi connectivity index (χ0) is 17.7. The highest BCUT2D eigenvalue weighted by molar-refractivity contribution is 7.86. The molecule has 140 valence electrons. The van der Waals surface area contributed by atoms with Crippen molar-refractivity contribution in [1.82, 2.24) is 18.8 Å². The topological polar surface area (TPSA) is 73.0 Å². The van der Waals surface area contributed by atoms with Gasteiger partial charge in [0.1, 0.15) is 0 Å². The molecule has 0 radical (unpaired) electrons. The summed E-state index contributed by atoms with van der Waals surface area (Å²) in [6.07, 6.45) is 3.34. The molecule has 2 fully saturated rings. The van der Waals surface area contributed by atoms with Gasteiger partial charge in [-0.2, -0.15) is 17.0 Å². The molecule has 2 aliphatic heterocycles. The molecule has 0 aliphatic carbocycles. The molecular formula is C16H32N4O3S. The van der Waals surface area contributed by atoms with Crippen molar-refractivity contribution in [3.8, 4) is 0 Å². The molecular weight excluding hydrogens is 328 g/mol. The Kier molecular flexibility index (Phi) is 7.03. The quantitative estimate of drug-likeness (QED) is 0.742. The minimum absolute atomic E-state index is 0.0241. The number of nitrogens with zero attached hydrogens (tertiary/aromatic N) is 3. The van der Waals surface area contributed by atoms with E-state index in [9.17, 15) is 13.2 Å². The molecule has 0 saturated carbocycles. The minimum Gasteiger partial charge on any atom is -0.355 e. The molecule has 2 rings (SSSR count). The van der Waals surface area contributed by atoms with Crippen molar-refractivity contribution in [3.05, 3.63) is 0 Å². The second-order valence-corrected chi connectivity index (χ2v) is 9.31. The molecule has 0 aromatic rings. The minimum atomic E-state index is -3.43. The molecule has 7 nitrogen and oxygen atoms in total. The standard InChI is InChI=1S/C16H32N4O3S/c1-14-6-10-19(11-7-14)24(22,23)20-9-4-5-15(13-20)16(21)17-8-12-18(2)3/h14-15H,4-13H2,1-3H3,(H,17,21). The van der Waals surface area contributed by atoms with E-state index in [0.29, 0.717) is 38.6 Å². The number of carbonyl (C=O) groups is 1. The van der Waals surface area contributed by atoms with Gasteiger partial charge in [-0.3, -0.25) is 4.79 Å². The lowest BCUT2D eigenvalue weighted by molar-refractivity contribution is -0.126. The summed E-state index contributed by atoms with van der Waals surface area (Å²) in [4.78, 5) is 14.3. The molecule has 1 amide bonds. The van der Waals surface area contributed by atoms with Gasteiger partial charge in [0.15, 0.2) is 0 Å². The molecule has 1 atom stereocenters. The highest BCUT2D eigenvalue weighted by atomic mass is 32.2. The molecule has 1 N–H and O–H groups in total. The number of hydrogen-bond acceptors (Lipinski definition) is 4. The number of likely N-dealkylation sites (N-methyl/N-ethyl adjacent to an activating group) is 1. The van der Waals surface area contributed by atoms with Crippen molar-refractivity contribution < 1.29 is 13.2 Å². The van der Waals surface area contributed by atoms with Crippen molar-refractivity contribution in [2.24, 2.45) is 11.8 Å². The van der Waals surface area contributed by atoms with Crippen LogP contribution < -0.4 is 5.32 Å². The molecule has 8 heteroatoms. The van der Waals surface area contributed by atoms with Gasteiger partial charge in [0.05, 0.1) is 5.92 Å². The molecule has 0 aromatic carbocycles. The smallest absolute Gasteiger partial charge is 0.281 e. The van der Waals surface area contributed by atoms with E-state index < -0.39 is 10.2 Å². The average Bonchev–Trinajstić information content (AvgIpc) is 2.55. The third-order valence-corrected chi connectivity index (χ3v) is 7.01. The first-order chi connectivity index (χ1) is 11.3. The summed E-state index contributed by atoms with van der Waals surface area (Å²) in [5, 5.41) is 2.93. The number of rotatable bonds is 6. The number of nitrogens with one attached hydrogen (secondary N) is 1. The van der Waals surface area contributed by atoms with Crippen LogP contribution in [0.25, 0.3) is 0 Å². The van der Waals surface area contributed by atoms with Crippen LogP contribution in [0.1, 0.15) is 32.6 Å². The lowest BCUT2D eigenvalue weighted by Gasteiger charge is -2.37. The van der Waals surface area contributed by atoms with Crippen LogP contribution in [0.5, 0.6) is 0 Å². The third kappa shape index (κ3) is 5.15. The predicted molar refractivity (Wildman–Crippen MR) is 94.8 cm³/mol. The monoisotopic (exact) mass is 360 g/mol. The summed E-state index contributed by atoms with van der Waals surface area (Å²) in [6.45, 7) is 5.57. The fourth-order valence-corrected chi connectivity index (χ4v) is 5.02. The predicted octanol–water partition coefficient (Wildman–Crippen LogP) is 0.353. The molecule has 0 aromatic heterocycles. The first-order valence-electron chi connectivity index (χ1n) is 8.98. The molecule has 2 saturated heterocycles. The van der Waals surface area contributed by atoms with Gasteiger partial charge in [-0.25, -0.2) is 0 Å². The second-order valence-electron chi connectivity index (χ2n) is 7.38. The molecule has 1 unspecified atom stereocenters. The van der Waals surface area contributed by atoms with Crippen molar-refractivity contribution in [1.29, 1.82) is 0 Å². The molecule has 24 heavy (non-hydrogen) atoms. The Morgan fingerprint density at radius 2 is 1.79 bits per heavy atom. The Balaban J connectivity index is 1.90. The highest BCUT2D eigenvalue weighted by Crippen LogP contribution is 2.25. The van der Waals surface area contributed by atoms with Crippen LogP contribution in [-0.2, 0) is 15.0 Å². The Hall–Kier alpha value is -0.700. The van der Waals surface area contributed by atoms with E-state index >= 15 is 0 Å². The van der Waals surface area contributed by atoms with E-state index in [1.54, 1.807) is 4.31 Å². The maximum atomic E-state index is 12.8. The van der Waals surface area contributed by atoms with Gasteiger partial charge in [0.25, 0.3) is 10.2 Å². The summed E-state index contributed by atoms with van der Waals surface area (Å²) < 4.78 is 28.8. The Labute approximate surface area is 146 Å². The molecule has 2 aliphatic rings. The number of carbonyl (C=O) groups excluding carboxylic acids is 1. The fourth-order valence-electron chi connectivity index (χ4n) is 3.29. The van der Waals surface area contributed by atoms with Crippen LogP contribution in [0.15, 0.2) is 0 Å². The fraction of sp³-hybridized carbons (Fsp3) is 0.938. The first kappa shape index (κ1) is 19.6. The van der Waals surface area contributed by atoms with E-state index in [0.717, 1.165) is 32.2 Å². The number of hydrogen-bond donors (Lipinski definition) is 1. The van der Waals surface area contributed by atoms with Crippen molar-refractivity contribution >= 4 is 16.1 Å². The van der Waals surface area contributed by atoms with Crippen molar-refractivity contribution in [3.63, 3.8) is 0 Å². The van der Waals surface area contributed by atoms with Crippen LogP contribution in [-0.4, -0.2) is 81.2 Å². The summed E-state index contributed by atoms with van der Waals surface area (Å²) in [6, 6.07) is 0. The maximum Gasteiger partial charge on any atom is 0.281 e. The molecule has 0 bridgehead atoms. The zero-order valence-corrected chi connectivity index (χ0v) is 16.0. The second kappa shape index (κ2) is 8.60.